The molecule has 0 aliphatic heterocycles. The van der Waals surface area contributed by atoms with Crippen LogP contribution in [-0.4, -0.2) is 19.9 Å². The summed E-state index contributed by atoms with van der Waals surface area (Å²) in [6.07, 6.45) is 3.82. The van der Waals surface area contributed by atoms with Crippen LogP contribution in [0.1, 0.15) is 22.5 Å². The molecule has 0 amide bonds. The number of hydrogen-bond donors (Lipinski definition) is 0. The highest BCUT2D eigenvalue weighted by Crippen LogP contribution is 2.55. The van der Waals surface area contributed by atoms with Crippen LogP contribution in [0.2, 0.25) is 0 Å². The van der Waals surface area contributed by atoms with Crippen LogP contribution in [0.15, 0.2) is 134 Å². The molecule has 0 fully saturated rings. The van der Waals surface area contributed by atoms with E-state index < -0.39 is 5.41 Å². The van der Waals surface area contributed by atoms with E-state index in [-0.39, 0.29) is 0 Å². The fourth-order valence-corrected chi connectivity index (χ4v) is 5.46. The minimum atomic E-state index is -0.739. The van der Waals surface area contributed by atoms with Gasteiger partial charge in [0, 0.05) is 29.1 Å². The summed E-state index contributed by atoms with van der Waals surface area (Å²) in [5.74, 6) is 1.98. The van der Waals surface area contributed by atoms with Crippen molar-refractivity contribution in [3.8, 4) is 33.9 Å². The Labute approximate surface area is 215 Å². The molecule has 4 aromatic carbocycles. The van der Waals surface area contributed by atoms with Crippen LogP contribution >= 0.6 is 0 Å². The molecular formula is C33H22N4. The number of hydrogen-bond acceptors (Lipinski definition) is 4. The molecule has 1 unspecified atom stereocenters. The Balaban J connectivity index is 1.62. The van der Waals surface area contributed by atoms with Gasteiger partial charge in [-0.1, -0.05) is 115 Å². The first kappa shape index (κ1) is 21.3. The zero-order valence-electron chi connectivity index (χ0n) is 20.0. The molecule has 4 nitrogen and oxygen atoms in total. The van der Waals surface area contributed by atoms with Crippen molar-refractivity contribution in [2.75, 3.05) is 0 Å². The Kier molecular flexibility index (Phi) is 4.96. The smallest absolute Gasteiger partial charge is 0.163 e. The van der Waals surface area contributed by atoms with Crippen LogP contribution in [-0.2, 0) is 5.41 Å². The molecule has 7 rings (SSSR count). The maximum atomic E-state index is 5.21. The van der Waals surface area contributed by atoms with E-state index in [0.717, 1.165) is 33.4 Å². The van der Waals surface area contributed by atoms with Gasteiger partial charge in [0.05, 0.1) is 0 Å². The fourth-order valence-electron chi connectivity index (χ4n) is 5.46. The molecule has 0 saturated heterocycles. The average Bonchev–Trinajstić information content (AvgIpc) is 3.30. The number of nitrogens with zero attached hydrogens (tertiary/aromatic N) is 4. The van der Waals surface area contributed by atoms with Crippen molar-refractivity contribution in [1.82, 2.24) is 19.9 Å². The summed E-state index contributed by atoms with van der Waals surface area (Å²) in [6.45, 7) is 0. The third kappa shape index (κ3) is 3.30. The molecular weight excluding hydrogens is 452 g/mol. The number of aromatic nitrogens is 4. The Bertz CT molecular complexity index is 1610. The Morgan fingerprint density at radius 2 is 1.00 bits per heavy atom. The van der Waals surface area contributed by atoms with Crippen molar-refractivity contribution in [2.24, 2.45) is 0 Å². The minimum absolute atomic E-state index is 0.648. The molecule has 4 heteroatoms. The highest BCUT2D eigenvalue weighted by molar-refractivity contribution is 5.85. The summed E-state index contributed by atoms with van der Waals surface area (Å²) in [6, 6.07) is 41.4. The summed E-state index contributed by atoms with van der Waals surface area (Å²) >= 11 is 0. The zero-order valence-corrected chi connectivity index (χ0v) is 20.0. The molecule has 2 aromatic heterocycles. The van der Waals surface area contributed by atoms with Gasteiger partial charge in [-0.3, -0.25) is 4.98 Å². The quantitative estimate of drug-likeness (QED) is 0.277. The van der Waals surface area contributed by atoms with E-state index in [9.17, 15) is 0 Å². The van der Waals surface area contributed by atoms with E-state index in [1.807, 2.05) is 79.1 Å². The predicted molar refractivity (Wildman–Crippen MR) is 146 cm³/mol. The lowest BCUT2D eigenvalue weighted by molar-refractivity contribution is 0.689. The van der Waals surface area contributed by atoms with Crippen LogP contribution in [0.5, 0.6) is 0 Å². The van der Waals surface area contributed by atoms with Crippen molar-refractivity contribution < 1.29 is 0 Å². The molecule has 174 valence electrons. The van der Waals surface area contributed by atoms with Gasteiger partial charge in [-0.2, -0.15) is 0 Å². The first-order chi connectivity index (χ1) is 18.4. The molecule has 37 heavy (non-hydrogen) atoms. The Morgan fingerprint density at radius 1 is 0.459 bits per heavy atom. The summed E-state index contributed by atoms with van der Waals surface area (Å²) in [5.41, 5.74) is 6.80. The number of fused-ring (bicyclic) bond motifs is 3. The molecule has 0 N–H and O–H groups in total. The highest BCUT2D eigenvalue weighted by Gasteiger charge is 2.49. The van der Waals surface area contributed by atoms with Crippen LogP contribution in [0.25, 0.3) is 33.9 Å². The van der Waals surface area contributed by atoms with Gasteiger partial charge in [0.2, 0.25) is 0 Å². The molecule has 1 atom stereocenters. The normalized spacial score (nSPS) is 15.7. The fraction of sp³-hybridized carbons (Fsp3) is 0.0303. The Hall–Kier alpha value is -4.96. The van der Waals surface area contributed by atoms with Crippen molar-refractivity contribution in [3.63, 3.8) is 0 Å². The lowest BCUT2D eigenvalue weighted by Crippen LogP contribution is -2.32. The van der Waals surface area contributed by atoms with Crippen molar-refractivity contribution in [3.05, 3.63) is 156 Å². The summed E-state index contributed by atoms with van der Waals surface area (Å²) < 4.78 is 0. The average molecular weight is 475 g/mol. The van der Waals surface area contributed by atoms with Gasteiger partial charge in [0.1, 0.15) is 5.41 Å². The standard InChI is InChI=1S/C33H22N4/c1-4-12-23(13-5-1)30-35-31(24-14-6-2-7-15-24)37-32(36-30)33(25-16-8-3-9-17-25)28-19-11-10-18-26(28)27-20-21-34-22-29(27)33/h1-22H. The van der Waals surface area contributed by atoms with Gasteiger partial charge in [0.25, 0.3) is 0 Å². The van der Waals surface area contributed by atoms with Gasteiger partial charge in [-0.15, -0.1) is 0 Å². The number of pyridine rings is 1. The third-order valence-electron chi connectivity index (χ3n) is 7.09. The van der Waals surface area contributed by atoms with Crippen molar-refractivity contribution in [1.29, 1.82) is 0 Å². The second-order valence-corrected chi connectivity index (χ2v) is 9.12. The second-order valence-electron chi connectivity index (χ2n) is 9.12. The van der Waals surface area contributed by atoms with Crippen molar-refractivity contribution in [2.45, 2.75) is 5.41 Å². The minimum Gasteiger partial charge on any atom is -0.264 e. The molecule has 0 saturated carbocycles. The van der Waals surface area contributed by atoms with Gasteiger partial charge < -0.3 is 0 Å². The monoisotopic (exact) mass is 474 g/mol. The van der Waals surface area contributed by atoms with Crippen molar-refractivity contribution >= 4 is 0 Å². The molecule has 0 bridgehead atoms. The number of benzene rings is 4. The maximum absolute atomic E-state index is 5.21. The van der Waals surface area contributed by atoms with Gasteiger partial charge >= 0.3 is 0 Å². The SMILES string of the molecule is c1ccc(-c2nc(-c3ccccc3)nc(C3(c4ccccc4)c4ccccc4-c4ccncc43)n2)cc1. The molecule has 0 spiro atoms. The van der Waals surface area contributed by atoms with E-state index in [0.29, 0.717) is 17.5 Å². The van der Waals surface area contributed by atoms with E-state index in [4.69, 9.17) is 15.0 Å². The second kappa shape index (κ2) is 8.61. The third-order valence-corrected chi connectivity index (χ3v) is 7.09. The maximum Gasteiger partial charge on any atom is 0.163 e. The first-order valence-electron chi connectivity index (χ1n) is 12.3. The van der Waals surface area contributed by atoms with Crippen LogP contribution in [0.4, 0.5) is 0 Å². The summed E-state index contributed by atoms with van der Waals surface area (Å²) in [4.78, 5) is 19.9. The van der Waals surface area contributed by atoms with Gasteiger partial charge in [-0.25, -0.2) is 15.0 Å². The van der Waals surface area contributed by atoms with E-state index in [1.54, 1.807) is 0 Å². The molecule has 0 radical (unpaired) electrons. The van der Waals surface area contributed by atoms with Crippen LogP contribution < -0.4 is 0 Å². The summed E-state index contributed by atoms with van der Waals surface area (Å²) in [5, 5.41) is 0. The Morgan fingerprint density at radius 3 is 1.65 bits per heavy atom. The van der Waals surface area contributed by atoms with Gasteiger partial charge in [0.15, 0.2) is 17.5 Å². The molecule has 2 heterocycles. The lowest BCUT2D eigenvalue weighted by atomic mass is 9.72. The highest BCUT2D eigenvalue weighted by atomic mass is 15.0. The first-order valence-corrected chi connectivity index (χ1v) is 12.3. The van der Waals surface area contributed by atoms with E-state index in [2.05, 4.69) is 59.6 Å². The molecule has 1 aliphatic rings. The van der Waals surface area contributed by atoms with E-state index >= 15 is 0 Å². The van der Waals surface area contributed by atoms with E-state index in [1.165, 1.54) is 5.56 Å². The largest absolute Gasteiger partial charge is 0.264 e. The topological polar surface area (TPSA) is 51.6 Å². The predicted octanol–water partition coefficient (Wildman–Crippen LogP) is 6.96. The van der Waals surface area contributed by atoms with Crippen LogP contribution in [0, 0.1) is 0 Å². The zero-order chi connectivity index (χ0) is 24.7. The molecule has 6 aromatic rings. The van der Waals surface area contributed by atoms with Crippen LogP contribution in [0.3, 0.4) is 0 Å². The number of rotatable bonds is 4. The lowest BCUT2D eigenvalue weighted by Gasteiger charge is -2.31. The van der Waals surface area contributed by atoms with Gasteiger partial charge in [-0.05, 0) is 28.3 Å². The molecule has 1 aliphatic carbocycles. The summed E-state index contributed by atoms with van der Waals surface area (Å²) in [7, 11) is 0.